The number of aromatic amines is 1. The maximum atomic E-state index is 5.82. The molecule has 0 aliphatic carbocycles. The number of nitrogens with zero attached hydrogens (tertiary/aromatic N) is 1. The van der Waals surface area contributed by atoms with Crippen LogP contribution >= 0.6 is 11.6 Å². The SMILES string of the molecule is C[C@@H](Cc1ncc[nH]1)OCc1ccc(Cl)cc1. The highest BCUT2D eigenvalue weighted by Crippen LogP contribution is 2.11. The van der Waals surface area contributed by atoms with E-state index in [0.717, 1.165) is 22.8 Å². The number of rotatable bonds is 5. The van der Waals surface area contributed by atoms with E-state index in [-0.39, 0.29) is 6.10 Å². The highest BCUT2D eigenvalue weighted by Gasteiger charge is 2.05. The molecule has 4 heteroatoms. The average Bonchev–Trinajstić information content (AvgIpc) is 2.81. The third-order valence-corrected chi connectivity index (χ3v) is 2.74. The van der Waals surface area contributed by atoms with Crippen LogP contribution in [0.5, 0.6) is 0 Å². The van der Waals surface area contributed by atoms with Crippen molar-refractivity contribution in [1.29, 1.82) is 0 Å². The predicted octanol–water partition coefficient (Wildman–Crippen LogP) is 3.21. The topological polar surface area (TPSA) is 37.9 Å². The highest BCUT2D eigenvalue weighted by atomic mass is 35.5. The molecule has 2 rings (SSSR count). The maximum absolute atomic E-state index is 5.82. The Morgan fingerprint density at radius 3 is 2.76 bits per heavy atom. The average molecular weight is 251 g/mol. The monoisotopic (exact) mass is 250 g/mol. The lowest BCUT2D eigenvalue weighted by Gasteiger charge is -2.11. The van der Waals surface area contributed by atoms with Crippen molar-refractivity contribution in [1.82, 2.24) is 9.97 Å². The van der Waals surface area contributed by atoms with Crippen LogP contribution < -0.4 is 0 Å². The highest BCUT2D eigenvalue weighted by molar-refractivity contribution is 6.30. The number of ether oxygens (including phenoxy) is 1. The zero-order chi connectivity index (χ0) is 12.1. The van der Waals surface area contributed by atoms with Gasteiger partial charge in [0, 0.05) is 23.8 Å². The normalized spacial score (nSPS) is 12.6. The molecule has 1 atom stereocenters. The molecule has 0 amide bonds. The van der Waals surface area contributed by atoms with Crippen molar-refractivity contribution in [2.75, 3.05) is 0 Å². The number of benzene rings is 1. The number of imidazole rings is 1. The van der Waals surface area contributed by atoms with Gasteiger partial charge in [-0.05, 0) is 24.6 Å². The van der Waals surface area contributed by atoms with Crippen LogP contribution in [-0.4, -0.2) is 16.1 Å². The molecule has 3 nitrogen and oxygen atoms in total. The molecule has 17 heavy (non-hydrogen) atoms. The lowest BCUT2D eigenvalue weighted by atomic mass is 10.2. The second-order valence-electron chi connectivity index (χ2n) is 3.99. The summed E-state index contributed by atoms with van der Waals surface area (Å²) in [5.74, 6) is 0.952. The van der Waals surface area contributed by atoms with Gasteiger partial charge >= 0.3 is 0 Å². The summed E-state index contributed by atoms with van der Waals surface area (Å²) < 4.78 is 5.74. The molecular weight excluding hydrogens is 236 g/mol. The molecule has 0 bridgehead atoms. The summed E-state index contributed by atoms with van der Waals surface area (Å²) in [7, 11) is 0. The third-order valence-electron chi connectivity index (χ3n) is 2.48. The van der Waals surface area contributed by atoms with Crippen molar-refractivity contribution in [3.05, 3.63) is 53.1 Å². The molecule has 0 fully saturated rings. The summed E-state index contributed by atoms with van der Waals surface area (Å²) in [6.07, 6.45) is 4.50. The Morgan fingerprint density at radius 1 is 1.35 bits per heavy atom. The fraction of sp³-hybridized carbons (Fsp3) is 0.308. The summed E-state index contributed by atoms with van der Waals surface area (Å²) in [4.78, 5) is 7.23. The molecule has 90 valence electrons. The van der Waals surface area contributed by atoms with Gasteiger partial charge in [0.05, 0.1) is 12.7 Å². The Balaban J connectivity index is 1.79. The number of nitrogens with one attached hydrogen (secondary N) is 1. The third kappa shape index (κ3) is 3.88. The van der Waals surface area contributed by atoms with E-state index in [4.69, 9.17) is 16.3 Å². The minimum absolute atomic E-state index is 0.136. The molecule has 0 saturated heterocycles. The van der Waals surface area contributed by atoms with Crippen LogP contribution in [-0.2, 0) is 17.8 Å². The fourth-order valence-corrected chi connectivity index (χ4v) is 1.69. The second kappa shape index (κ2) is 5.84. The van der Waals surface area contributed by atoms with Gasteiger partial charge in [0.25, 0.3) is 0 Å². The number of hydrogen-bond acceptors (Lipinski definition) is 2. The van der Waals surface area contributed by atoms with Crippen LogP contribution in [0.2, 0.25) is 5.02 Å². The Morgan fingerprint density at radius 2 is 2.12 bits per heavy atom. The summed E-state index contributed by atoms with van der Waals surface area (Å²) in [6.45, 7) is 2.64. The second-order valence-corrected chi connectivity index (χ2v) is 4.42. The molecule has 0 aliphatic rings. The minimum Gasteiger partial charge on any atom is -0.373 e. The predicted molar refractivity (Wildman–Crippen MR) is 68.0 cm³/mol. The molecule has 1 N–H and O–H groups in total. The van der Waals surface area contributed by atoms with Crippen molar-refractivity contribution < 1.29 is 4.74 Å². The summed E-state index contributed by atoms with van der Waals surface area (Å²) in [5.41, 5.74) is 1.13. The van der Waals surface area contributed by atoms with Crippen LogP contribution in [0.4, 0.5) is 0 Å². The van der Waals surface area contributed by atoms with Crippen LogP contribution in [0.15, 0.2) is 36.7 Å². The molecule has 1 aromatic heterocycles. The van der Waals surface area contributed by atoms with Crippen molar-refractivity contribution in [2.45, 2.75) is 26.1 Å². The largest absolute Gasteiger partial charge is 0.373 e. The van der Waals surface area contributed by atoms with E-state index >= 15 is 0 Å². The molecule has 0 unspecified atom stereocenters. The first-order chi connectivity index (χ1) is 8.24. The van der Waals surface area contributed by atoms with E-state index in [1.54, 1.807) is 6.20 Å². The zero-order valence-electron chi connectivity index (χ0n) is 9.69. The van der Waals surface area contributed by atoms with Crippen molar-refractivity contribution in [2.24, 2.45) is 0 Å². The standard InChI is InChI=1S/C13H15ClN2O/c1-10(8-13-15-6-7-16-13)17-9-11-2-4-12(14)5-3-11/h2-7,10H,8-9H2,1H3,(H,15,16)/t10-/m0/s1. The molecular formula is C13H15ClN2O. The Bertz CT molecular complexity index is 439. The van der Waals surface area contributed by atoms with Crippen molar-refractivity contribution in [3.63, 3.8) is 0 Å². The molecule has 0 spiro atoms. The van der Waals surface area contributed by atoms with E-state index in [1.165, 1.54) is 0 Å². The first-order valence-corrected chi connectivity index (χ1v) is 5.96. The quantitative estimate of drug-likeness (QED) is 0.885. The lowest BCUT2D eigenvalue weighted by Crippen LogP contribution is -2.12. The number of H-pyrrole nitrogens is 1. The molecule has 0 saturated carbocycles. The first-order valence-electron chi connectivity index (χ1n) is 5.58. The number of halogens is 1. The summed E-state index contributed by atoms with van der Waals surface area (Å²) in [5, 5.41) is 0.748. The van der Waals surface area contributed by atoms with Gasteiger partial charge in [0.15, 0.2) is 0 Å². The van der Waals surface area contributed by atoms with Gasteiger partial charge in [0.1, 0.15) is 5.82 Å². The lowest BCUT2D eigenvalue weighted by molar-refractivity contribution is 0.0524. The first kappa shape index (κ1) is 12.1. The van der Waals surface area contributed by atoms with E-state index < -0.39 is 0 Å². The van der Waals surface area contributed by atoms with Crippen LogP contribution in [0, 0.1) is 0 Å². The van der Waals surface area contributed by atoms with Gasteiger partial charge in [-0.3, -0.25) is 0 Å². The maximum Gasteiger partial charge on any atom is 0.108 e. The van der Waals surface area contributed by atoms with Gasteiger partial charge in [-0.2, -0.15) is 0 Å². The van der Waals surface area contributed by atoms with E-state index in [0.29, 0.717) is 6.61 Å². The van der Waals surface area contributed by atoms with Gasteiger partial charge in [0.2, 0.25) is 0 Å². The van der Waals surface area contributed by atoms with Gasteiger partial charge in [-0.25, -0.2) is 4.98 Å². The number of aromatic nitrogens is 2. The molecule has 1 aromatic carbocycles. The van der Waals surface area contributed by atoms with E-state index in [1.807, 2.05) is 37.4 Å². The number of hydrogen-bond donors (Lipinski definition) is 1. The summed E-state index contributed by atoms with van der Waals surface area (Å²) in [6, 6.07) is 7.69. The van der Waals surface area contributed by atoms with Crippen LogP contribution in [0.25, 0.3) is 0 Å². The molecule has 2 aromatic rings. The summed E-state index contributed by atoms with van der Waals surface area (Å²) >= 11 is 5.82. The Labute approximate surface area is 106 Å². The van der Waals surface area contributed by atoms with E-state index in [2.05, 4.69) is 9.97 Å². The molecule has 0 aliphatic heterocycles. The van der Waals surface area contributed by atoms with Gasteiger partial charge < -0.3 is 9.72 Å². The van der Waals surface area contributed by atoms with Crippen molar-refractivity contribution >= 4 is 11.6 Å². The van der Waals surface area contributed by atoms with Gasteiger partial charge in [-0.1, -0.05) is 23.7 Å². The minimum atomic E-state index is 0.136. The van der Waals surface area contributed by atoms with Crippen molar-refractivity contribution in [3.8, 4) is 0 Å². The Hall–Kier alpha value is -1.32. The van der Waals surface area contributed by atoms with Crippen LogP contribution in [0.3, 0.4) is 0 Å². The van der Waals surface area contributed by atoms with E-state index in [9.17, 15) is 0 Å². The smallest absolute Gasteiger partial charge is 0.108 e. The van der Waals surface area contributed by atoms with Gasteiger partial charge in [-0.15, -0.1) is 0 Å². The molecule has 1 heterocycles. The molecule has 0 radical (unpaired) electrons. The zero-order valence-corrected chi connectivity index (χ0v) is 10.4. The Kier molecular flexibility index (Phi) is 4.18. The fourth-order valence-electron chi connectivity index (χ4n) is 1.56. The van der Waals surface area contributed by atoms with Crippen LogP contribution in [0.1, 0.15) is 18.3 Å².